The molecule has 17 heteroatoms. The molecule has 0 saturated carbocycles. The fraction of sp³-hybridized carbons (Fsp3) is 0.925. The van der Waals surface area contributed by atoms with Crippen molar-refractivity contribution >= 4 is 22.3 Å². The molecule has 0 aromatic carbocycles. The highest BCUT2D eigenvalue weighted by molar-refractivity contribution is 7.80. The Balaban J connectivity index is 2.06. The molecule has 12 atom stereocenters. The number of hydrogen-bond acceptors (Lipinski definition) is 15. The third-order valence-electron chi connectivity index (χ3n) is 13.8. The van der Waals surface area contributed by atoms with Gasteiger partial charge in [-0.05, 0) is 31.6 Å². The number of unbranched alkanes of at least 4 members (excludes halogenated alkanes) is 25. The van der Waals surface area contributed by atoms with Crippen molar-refractivity contribution in [2.75, 3.05) is 13.2 Å². The first-order valence-corrected chi connectivity index (χ1v) is 28.9. The van der Waals surface area contributed by atoms with Crippen LogP contribution in [0.2, 0.25) is 0 Å². The average molecular weight is 1020 g/mol. The van der Waals surface area contributed by atoms with Crippen LogP contribution >= 0.6 is 0 Å². The van der Waals surface area contributed by atoms with Crippen molar-refractivity contribution in [3.8, 4) is 0 Å². The molecule has 0 aliphatic carbocycles. The first-order valence-electron chi connectivity index (χ1n) is 27.5. The Kier molecular flexibility index (Phi) is 34.8. The third kappa shape index (κ3) is 27.0. The summed E-state index contributed by atoms with van der Waals surface area (Å²) >= 11 is 0. The quantitative estimate of drug-likeness (QED) is 0.0144. The second-order valence-corrected chi connectivity index (χ2v) is 21.5. The number of ether oxygens (including phenoxy) is 5. The van der Waals surface area contributed by atoms with Crippen LogP contribution in [-0.2, 0) is 47.9 Å². The predicted octanol–water partition coefficient (Wildman–Crippen LogP) is 9.49. The maximum atomic E-state index is 13.8. The zero-order valence-corrected chi connectivity index (χ0v) is 44.6. The van der Waals surface area contributed by atoms with Crippen LogP contribution in [0.5, 0.6) is 0 Å². The number of carbonyl (C=O) groups is 2. The highest BCUT2D eigenvalue weighted by Gasteiger charge is 2.54. The Morgan fingerprint density at radius 3 is 1.43 bits per heavy atom. The lowest BCUT2D eigenvalue weighted by Gasteiger charge is -2.46. The molecule has 2 saturated heterocycles. The maximum Gasteiger partial charge on any atom is 0.397 e. The summed E-state index contributed by atoms with van der Waals surface area (Å²) in [5.74, 6) is -1.15. The van der Waals surface area contributed by atoms with E-state index in [1.165, 1.54) is 135 Å². The number of carbonyl (C=O) groups excluding carboxylic acids is 2. The summed E-state index contributed by atoms with van der Waals surface area (Å²) in [7, 11) is -5.25. The number of allylic oxidation sites excluding steroid dienone is 1. The van der Waals surface area contributed by atoms with Gasteiger partial charge in [-0.3, -0.25) is 9.35 Å². The number of aliphatic hydroxyl groups excluding tert-OH is 5. The van der Waals surface area contributed by atoms with E-state index in [9.17, 15) is 48.1 Å². The Morgan fingerprint density at radius 1 is 0.571 bits per heavy atom. The Hall–Kier alpha value is -1.77. The summed E-state index contributed by atoms with van der Waals surface area (Å²) in [4.78, 5) is 27.2. The number of hydrogen-bond donors (Lipinski definition) is 6. The van der Waals surface area contributed by atoms with Gasteiger partial charge in [-0.2, -0.15) is 8.42 Å². The van der Waals surface area contributed by atoms with Crippen LogP contribution in [0.15, 0.2) is 11.6 Å². The molecule has 2 aliphatic heterocycles. The normalized spacial score (nSPS) is 26.2. The molecule has 10 unspecified atom stereocenters. The summed E-state index contributed by atoms with van der Waals surface area (Å²) in [5, 5.41) is 53.2. The van der Waals surface area contributed by atoms with Gasteiger partial charge >= 0.3 is 22.3 Å². The molecule has 2 aliphatic rings. The van der Waals surface area contributed by atoms with Gasteiger partial charge in [-0.15, -0.1) is 0 Å². The second-order valence-electron chi connectivity index (χ2n) is 20.4. The molecule has 2 heterocycles. The van der Waals surface area contributed by atoms with Gasteiger partial charge in [0.15, 0.2) is 18.5 Å². The molecule has 0 bridgehead atoms. The van der Waals surface area contributed by atoms with E-state index in [-0.39, 0.29) is 17.9 Å². The summed E-state index contributed by atoms with van der Waals surface area (Å²) in [6.07, 6.45) is 18.0. The van der Waals surface area contributed by atoms with Crippen LogP contribution in [0.4, 0.5) is 0 Å². The first kappa shape index (κ1) is 64.3. The van der Waals surface area contributed by atoms with Gasteiger partial charge in [-0.25, -0.2) is 8.98 Å². The maximum absolute atomic E-state index is 13.8. The van der Waals surface area contributed by atoms with E-state index in [4.69, 9.17) is 23.7 Å². The summed E-state index contributed by atoms with van der Waals surface area (Å²) in [6, 6.07) is 0. The topological polar surface area (TPSA) is 245 Å². The van der Waals surface area contributed by atoms with Crippen LogP contribution in [0.25, 0.3) is 0 Å². The molecule has 412 valence electrons. The van der Waals surface area contributed by atoms with Crippen LogP contribution in [0, 0.1) is 11.8 Å². The molecule has 6 N–H and O–H groups in total. The zero-order valence-electron chi connectivity index (χ0n) is 43.8. The number of rotatable bonds is 41. The van der Waals surface area contributed by atoms with E-state index in [1.54, 1.807) is 13.0 Å². The van der Waals surface area contributed by atoms with Crippen LogP contribution in [0.3, 0.4) is 0 Å². The van der Waals surface area contributed by atoms with E-state index < -0.39 is 97.0 Å². The minimum atomic E-state index is -5.25. The second kappa shape index (κ2) is 37.9. The Bertz CT molecular complexity index is 1500. The fourth-order valence-electron chi connectivity index (χ4n) is 9.68. The molecule has 0 radical (unpaired) electrons. The summed E-state index contributed by atoms with van der Waals surface area (Å²) in [5.41, 5.74) is 0.237. The van der Waals surface area contributed by atoms with Gasteiger partial charge in [0.05, 0.1) is 13.2 Å². The van der Waals surface area contributed by atoms with Crippen molar-refractivity contribution in [1.29, 1.82) is 0 Å². The number of aliphatic hydroxyl groups is 5. The molecule has 0 aromatic rings. The lowest BCUT2D eigenvalue weighted by molar-refractivity contribution is -0.375. The van der Waals surface area contributed by atoms with Crippen molar-refractivity contribution in [3.05, 3.63) is 11.6 Å². The largest absolute Gasteiger partial charge is 0.453 e. The molecular formula is C53H98O16S. The zero-order chi connectivity index (χ0) is 51.7. The van der Waals surface area contributed by atoms with Gasteiger partial charge < -0.3 is 49.2 Å². The Morgan fingerprint density at radius 2 is 0.986 bits per heavy atom. The average Bonchev–Trinajstić information content (AvgIpc) is 3.31. The van der Waals surface area contributed by atoms with E-state index >= 15 is 0 Å². The van der Waals surface area contributed by atoms with Gasteiger partial charge in [0.1, 0.15) is 36.6 Å². The molecule has 16 nitrogen and oxygen atoms in total. The standard InChI is InChI=1S/C53H98O16S/c1-6-8-10-12-14-16-18-20-22-23-25-27-29-31-33-39(3)35-40(4)36-41(5)51(60)67-49-46(58)43(38-55)65-53(68-52-47(59)48(69-70(61,62)63)45(57)42(37-54)64-52)50(49)66-44(56)34-32-30-28-26-24-21-19-17-15-13-11-9-7-2/h36,39-40,42-43,45-50,52-55,57-59H,6-35,37-38H2,1-5H3,(H,61,62,63)/b41-36+/t39-,40-,42?,43?,45?,46?,47?,48?,49?,50?,52?,53?/m0/s1. The highest BCUT2D eigenvalue weighted by atomic mass is 32.3. The van der Waals surface area contributed by atoms with Crippen molar-refractivity contribution in [3.63, 3.8) is 0 Å². The fourth-order valence-corrected chi connectivity index (χ4v) is 10.2. The van der Waals surface area contributed by atoms with Gasteiger partial charge in [0, 0.05) is 12.0 Å². The number of esters is 2. The Labute approximate surface area is 422 Å². The van der Waals surface area contributed by atoms with Crippen LogP contribution in [0.1, 0.15) is 227 Å². The summed E-state index contributed by atoms with van der Waals surface area (Å²) < 4.78 is 66.1. The molecule has 2 rings (SSSR count). The van der Waals surface area contributed by atoms with Gasteiger partial charge in [0.25, 0.3) is 0 Å². The van der Waals surface area contributed by atoms with Crippen LogP contribution in [-0.4, -0.2) is 125 Å². The van der Waals surface area contributed by atoms with Crippen LogP contribution < -0.4 is 0 Å². The molecular weight excluding hydrogens is 925 g/mol. The molecule has 0 aromatic heterocycles. The predicted molar refractivity (Wildman–Crippen MR) is 269 cm³/mol. The third-order valence-corrected chi connectivity index (χ3v) is 14.3. The molecule has 2 fully saturated rings. The molecule has 70 heavy (non-hydrogen) atoms. The van der Waals surface area contributed by atoms with Crippen molar-refractivity contribution < 1.29 is 76.0 Å². The summed E-state index contributed by atoms with van der Waals surface area (Å²) in [6.45, 7) is 8.53. The lowest BCUT2D eigenvalue weighted by atomic mass is 9.91. The van der Waals surface area contributed by atoms with E-state index in [0.29, 0.717) is 12.3 Å². The smallest absolute Gasteiger partial charge is 0.397 e. The lowest BCUT2D eigenvalue weighted by Crippen LogP contribution is -2.65. The highest BCUT2D eigenvalue weighted by Crippen LogP contribution is 2.33. The first-order chi connectivity index (χ1) is 33.6. The molecule has 0 spiro atoms. The van der Waals surface area contributed by atoms with Crippen molar-refractivity contribution in [2.45, 2.75) is 289 Å². The van der Waals surface area contributed by atoms with E-state index in [2.05, 4.69) is 25.0 Å². The SMILES string of the molecule is CCCCCCCCCCCCCCCC[C@H](C)C[C@H](C)/C=C(\C)C(=O)OC1C(O)C(CO)OC(OC2OC(CO)C(O)C(OS(=O)(=O)O)C2O)C1OC(=O)CCCCCCCCCCCCCCC. The molecule has 0 amide bonds. The van der Waals surface area contributed by atoms with Gasteiger partial charge in [0.2, 0.25) is 6.29 Å². The minimum absolute atomic E-state index is 0.00156. The monoisotopic (exact) mass is 1020 g/mol. The van der Waals surface area contributed by atoms with Crippen molar-refractivity contribution in [1.82, 2.24) is 0 Å². The van der Waals surface area contributed by atoms with E-state index in [0.717, 1.165) is 44.9 Å². The van der Waals surface area contributed by atoms with Gasteiger partial charge in [-0.1, -0.05) is 207 Å². The van der Waals surface area contributed by atoms with Crippen molar-refractivity contribution in [2.24, 2.45) is 11.8 Å². The minimum Gasteiger partial charge on any atom is -0.453 e. The van der Waals surface area contributed by atoms with E-state index in [1.807, 2.05) is 6.92 Å².